The third kappa shape index (κ3) is 8.85. The number of hydrogen-bond acceptors (Lipinski definition) is 5. The van der Waals surface area contributed by atoms with E-state index in [1.54, 1.807) is 0 Å². The lowest BCUT2D eigenvalue weighted by Crippen LogP contribution is -2.48. The smallest absolute Gasteiger partial charge is 0.410 e. The van der Waals surface area contributed by atoms with Gasteiger partial charge in [0.1, 0.15) is 6.61 Å². The second kappa shape index (κ2) is 14.7. The summed E-state index contributed by atoms with van der Waals surface area (Å²) in [6.07, 6.45) is 5.50. The normalized spacial score (nSPS) is 17.1. The minimum atomic E-state index is -0.141. The van der Waals surface area contributed by atoms with E-state index in [4.69, 9.17) is 4.74 Å². The van der Waals surface area contributed by atoms with Crippen LogP contribution in [0, 0.1) is 5.92 Å². The van der Waals surface area contributed by atoms with Crippen LogP contribution >= 0.6 is 11.9 Å². The van der Waals surface area contributed by atoms with Crippen molar-refractivity contribution in [3.63, 3.8) is 0 Å². The van der Waals surface area contributed by atoms with Crippen LogP contribution in [0.2, 0.25) is 0 Å². The summed E-state index contributed by atoms with van der Waals surface area (Å²) in [5, 5.41) is 0. The molecule has 2 fully saturated rings. The van der Waals surface area contributed by atoms with Crippen LogP contribution in [0.4, 0.5) is 4.79 Å². The maximum Gasteiger partial charge on any atom is 0.410 e. The van der Waals surface area contributed by atoms with Crippen LogP contribution < -0.4 is 0 Å². The maximum absolute atomic E-state index is 13.1. The van der Waals surface area contributed by atoms with Gasteiger partial charge in [0.25, 0.3) is 0 Å². The molecular weight excluding hydrogens is 514 g/mol. The Morgan fingerprint density at radius 3 is 2.17 bits per heavy atom. The molecule has 3 aromatic rings. The number of piperidine rings is 1. The lowest BCUT2D eigenvalue weighted by Gasteiger charge is -2.38. The fraction of sp³-hybridized carbons (Fsp3) is 0.441. The fourth-order valence-electron chi connectivity index (χ4n) is 5.64. The highest BCUT2D eigenvalue weighted by Crippen LogP contribution is 2.32. The predicted octanol–water partition coefficient (Wildman–Crippen LogP) is 7.31. The van der Waals surface area contributed by atoms with Gasteiger partial charge in [-0.15, -0.1) is 0 Å². The number of carbonyl (C=O) groups excluding carboxylic acids is 1. The van der Waals surface area contributed by atoms with Gasteiger partial charge in [-0.25, -0.2) is 9.10 Å². The van der Waals surface area contributed by atoms with E-state index in [-0.39, 0.29) is 12.1 Å². The molecule has 1 atom stereocenters. The molecule has 5 nitrogen and oxygen atoms in total. The largest absolute Gasteiger partial charge is 0.445 e. The third-order valence-electron chi connectivity index (χ3n) is 8.14. The molecule has 1 aliphatic heterocycles. The van der Waals surface area contributed by atoms with E-state index in [0.717, 1.165) is 57.5 Å². The number of rotatable bonds is 13. The number of hydrogen-bond donors (Lipinski definition) is 0. The molecule has 6 heteroatoms. The molecule has 1 saturated heterocycles. The SMILES string of the molecule is CN(CC(CCN1CCC(N(CC2CC2)C(=O)OCc2ccccc2)CC1)c1ccccc1)Sc1ccccc1. The Kier molecular flexibility index (Phi) is 10.6. The Morgan fingerprint density at radius 2 is 1.52 bits per heavy atom. The van der Waals surface area contributed by atoms with Gasteiger partial charge in [0, 0.05) is 37.1 Å². The van der Waals surface area contributed by atoms with Crippen LogP contribution in [-0.2, 0) is 11.3 Å². The molecule has 1 amide bonds. The lowest BCUT2D eigenvalue weighted by atomic mass is 9.94. The summed E-state index contributed by atoms with van der Waals surface area (Å²) in [5.41, 5.74) is 2.45. The van der Waals surface area contributed by atoms with Crippen LogP contribution in [-0.4, -0.2) is 66.0 Å². The van der Waals surface area contributed by atoms with Crippen molar-refractivity contribution >= 4 is 18.0 Å². The Hall–Kier alpha value is -2.80. The molecule has 1 saturated carbocycles. The molecule has 1 aliphatic carbocycles. The van der Waals surface area contributed by atoms with E-state index in [2.05, 4.69) is 81.8 Å². The van der Waals surface area contributed by atoms with Gasteiger partial charge in [0.05, 0.1) is 0 Å². The highest BCUT2D eigenvalue weighted by Gasteiger charge is 2.34. The summed E-state index contributed by atoms with van der Waals surface area (Å²) in [6, 6.07) is 31.8. The molecule has 0 aromatic heterocycles. The van der Waals surface area contributed by atoms with Gasteiger partial charge in [-0.2, -0.15) is 0 Å². The summed E-state index contributed by atoms with van der Waals surface area (Å²) < 4.78 is 8.14. The topological polar surface area (TPSA) is 36.0 Å². The molecule has 0 radical (unpaired) electrons. The maximum atomic E-state index is 13.1. The molecule has 5 rings (SSSR count). The van der Waals surface area contributed by atoms with Crippen molar-refractivity contribution in [2.24, 2.45) is 5.92 Å². The molecule has 1 heterocycles. The lowest BCUT2D eigenvalue weighted by molar-refractivity contribution is 0.0580. The van der Waals surface area contributed by atoms with Crippen LogP contribution in [0.3, 0.4) is 0 Å². The van der Waals surface area contributed by atoms with Gasteiger partial charge < -0.3 is 14.5 Å². The van der Waals surface area contributed by atoms with Gasteiger partial charge in [-0.3, -0.25) is 0 Å². The summed E-state index contributed by atoms with van der Waals surface area (Å²) in [7, 11) is 2.20. The Labute approximate surface area is 244 Å². The molecule has 212 valence electrons. The molecule has 0 spiro atoms. The number of carbonyl (C=O) groups is 1. The first-order valence-electron chi connectivity index (χ1n) is 14.8. The Morgan fingerprint density at radius 1 is 0.900 bits per heavy atom. The van der Waals surface area contributed by atoms with Crippen molar-refractivity contribution in [1.29, 1.82) is 0 Å². The van der Waals surface area contributed by atoms with E-state index < -0.39 is 0 Å². The van der Waals surface area contributed by atoms with E-state index in [1.165, 1.54) is 23.3 Å². The molecule has 2 aliphatic rings. The zero-order valence-electron chi connectivity index (χ0n) is 23.7. The van der Waals surface area contributed by atoms with Gasteiger partial charge in [0.15, 0.2) is 0 Å². The molecule has 0 N–H and O–H groups in total. The molecule has 0 bridgehead atoms. The monoisotopic (exact) mass is 557 g/mol. The second-order valence-corrected chi connectivity index (χ2v) is 12.6. The van der Waals surface area contributed by atoms with Crippen LogP contribution in [0.5, 0.6) is 0 Å². The van der Waals surface area contributed by atoms with Crippen molar-refractivity contribution in [2.45, 2.75) is 55.6 Å². The molecule has 1 unspecified atom stereocenters. The number of likely N-dealkylation sites (tertiary alicyclic amines) is 1. The van der Waals surface area contributed by atoms with Gasteiger partial charge >= 0.3 is 6.09 Å². The van der Waals surface area contributed by atoms with Gasteiger partial charge in [-0.05, 0) is 92.7 Å². The number of nitrogens with zero attached hydrogens (tertiary/aromatic N) is 3. The van der Waals surface area contributed by atoms with Crippen molar-refractivity contribution in [3.05, 3.63) is 102 Å². The molecule has 40 heavy (non-hydrogen) atoms. The average Bonchev–Trinajstić information content (AvgIpc) is 3.83. The summed E-state index contributed by atoms with van der Waals surface area (Å²) in [5.74, 6) is 1.12. The van der Waals surface area contributed by atoms with E-state index >= 15 is 0 Å². The zero-order valence-corrected chi connectivity index (χ0v) is 24.6. The van der Waals surface area contributed by atoms with E-state index in [9.17, 15) is 4.79 Å². The van der Waals surface area contributed by atoms with E-state index in [0.29, 0.717) is 18.4 Å². The van der Waals surface area contributed by atoms with Crippen molar-refractivity contribution in [1.82, 2.24) is 14.1 Å². The second-order valence-electron chi connectivity index (χ2n) is 11.3. The van der Waals surface area contributed by atoms with E-state index in [1.807, 2.05) is 42.3 Å². The minimum absolute atomic E-state index is 0.141. The summed E-state index contributed by atoms with van der Waals surface area (Å²) in [6.45, 7) is 5.35. The number of likely N-dealkylation sites (N-methyl/N-ethyl adjacent to an activating group) is 1. The molecule has 3 aromatic carbocycles. The average molecular weight is 558 g/mol. The van der Waals surface area contributed by atoms with Crippen molar-refractivity contribution < 1.29 is 9.53 Å². The minimum Gasteiger partial charge on any atom is -0.445 e. The number of ether oxygens (including phenoxy) is 1. The van der Waals surface area contributed by atoms with Crippen molar-refractivity contribution in [3.8, 4) is 0 Å². The Balaban J connectivity index is 1.12. The first kappa shape index (κ1) is 28.7. The standard InChI is InChI=1S/C34H43N3O2S/c1-35(40-33-15-9-4-10-16-33)26-31(30-13-7-3-8-14-30)19-22-36-23-20-32(21-24-36)37(25-28-17-18-28)34(38)39-27-29-11-5-2-6-12-29/h2-16,28,31-32H,17-27H2,1H3. The van der Waals surface area contributed by atoms with Crippen molar-refractivity contribution in [2.75, 3.05) is 39.8 Å². The van der Waals surface area contributed by atoms with Crippen LogP contribution in [0.15, 0.2) is 95.9 Å². The number of benzene rings is 3. The first-order chi connectivity index (χ1) is 19.6. The van der Waals surface area contributed by atoms with Crippen LogP contribution in [0.25, 0.3) is 0 Å². The highest BCUT2D eigenvalue weighted by atomic mass is 32.2. The van der Waals surface area contributed by atoms with Crippen LogP contribution in [0.1, 0.15) is 49.1 Å². The summed E-state index contributed by atoms with van der Waals surface area (Å²) in [4.78, 5) is 19.1. The highest BCUT2D eigenvalue weighted by molar-refractivity contribution is 7.97. The fourth-order valence-corrected chi connectivity index (χ4v) is 6.54. The zero-order chi connectivity index (χ0) is 27.6. The third-order valence-corrected chi connectivity index (χ3v) is 9.08. The first-order valence-corrected chi connectivity index (χ1v) is 15.6. The number of amides is 1. The van der Waals surface area contributed by atoms with Gasteiger partial charge in [-0.1, -0.05) is 78.9 Å². The predicted molar refractivity (Wildman–Crippen MR) is 164 cm³/mol. The summed E-state index contributed by atoms with van der Waals surface area (Å²) >= 11 is 1.82. The van der Waals surface area contributed by atoms with Gasteiger partial charge in [0.2, 0.25) is 0 Å². The Bertz CT molecular complexity index is 1150. The quantitative estimate of drug-likeness (QED) is 0.206. The molecular formula is C34H43N3O2S.